The van der Waals surface area contributed by atoms with Crippen LogP contribution in [0.2, 0.25) is 0 Å². The molecular weight excluding hydrogens is 307 g/mol. The number of nitrogens with zero attached hydrogens (tertiary/aromatic N) is 1. The van der Waals surface area contributed by atoms with Gasteiger partial charge in [0.25, 0.3) is 0 Å². The van der Waals surface area contributed by atoms with Crippen molar-refractivity contribution < 1.29 is 14.2 Å². The van der Waals surface area contributed by atoms with Crippen molar-refractivity contribution in [2.24, 2.45) is 0 Å². The van der Waals surface area contributed by atoms with E-state index < -0.39 is 12.8 Å². The Labute approximate surface area is 139 Å². The lowest BCUT2D eigenvalue weighted by Gasteiger charge is -2.13. The molecule has 2 aromatic carbocycles. The standard InChI is InChI=1S/C19H19FN2O2/c1-21-15-6-2-13(3-7-15)18-9-5-14-4-8-16(10-19(14)22-18)24-17(11-20)12-23/h2-10,17,21,23H,11-12H2,1H3. The molecule has 3 aromatic rings. The molecule has 1 aromatic heterocycles. The number of halogens is 1. The lowest BCUT2D eigenvalue weighted by atomic mass is 10.1. The summed E-state index contributed by atoms with van der Waals surface area (Å²) in [6.07, 6.45) is -0.847. The highest BCUT2D eigenvalue weighted by Gasteiger charge is 2.09. The van der Waals surface area contributed by atoms with Gasteiger partial charge in [-0.15, -0.1) is 0 Å². The molecule has 124 valence electrons. The van der Waals surface area contributed by atoms with Gasteiger partial charge in [0.05, 0.1) is 17.8 Å². The highest BCUT2D eigenvalue weighted by molar-refractivity contribution is 5.83. The van der Waals surface area contributed by atoms with Gasteiger partial charge in [-0.05, 0) is 30.3 Å². The van der Waals surface area contributed by atoms with Gasteiger partial charge in [-0.1, -0.05) is 18.2 Å². The molecule has 3 rings (SSSR count). The second-order valence-corrected chi connectivity index (χ2v) is 5.46. The summed E-state index contributed by atoms with van der Waals surface area (Å²) in [4.78, 5) is 4.66. The molecular formula is C19H19FN2O2. The number of rotatable bonds is 6. The summed E-state index contributed by atoms with van der Waals surface area (Å²) in [7, 11) is 1.88. The van der Waals surface area contributed by atoms with Crippen molar-refractivity contribution in [1.82, 2.24) is 4.98 Å². The van der Waals surface area contributed by atoms with Gasteiger partial charge in [-0.25, -0.2) is 9.37 Å². The predicted octanol–water partition coefficient (Wildman–Crippen LogP) is 3.65. The Kier molecular flexibility index (Phi) is 4.91. The molecule has 0 aliphatic carbocycles. The first-order valence-electron chi connectivity index (χ1n) is 7.76. The first-order valence-corrected chi connectivity index (χ1v) is 7.76. The number of aliphatic hydroxyl groups excluding tert-OH is 1. The molecule has 0 radical (unpaired) electrons. The smallest absolute Gasteiger partial charge is 0.150 e. The van der Waals surface area contributed by atoms with Crippen LogP contribution in [0.1, 0.15) is 0 Å². The van der Waals surface area contributed by atoms with Gasteiger partial charge in [-0.2, -0.15) is 0 Å². The maximum Gasteiger partial charge on any atom is 0.150 e. The van der Waals surface area contributed by atoms with Gasteiger partial charge in [-0.3, -0.25) is 0 Å². The lowest BCUT2D eigenvalue weighted by molar-refractivity contribution is 0.0933. The third kappa shape index (κ3) is 3.46. The van der Waals surface area contributed by atoms with E-state index in [0.717, 1.165) is 27.8 Å². The highest BCUT2D eigenvalue weighted by atomic mass is 19.1. The molecule has 0 amide bonds. The summed E-state index contributed by atoms with van der Waals surface area (Å²) in [6, 6.07) is 17.3. The van der Waals surface area contributed by atoms with Crippen LogP contribution >= 0.6 is 0 Å². The summed E-state index contributed by atoms with van der Waals surface area (Å²) in [5.41, 5.74) is 3.67. The molecule has 0 aliphatic heterocycles. The number of hydrogen-bond donors (Lipinski definition) is 2. The van der Waals surface area contributed by atoms with Crippen LogP contribution < -0.4 is 10.1 Å². The van der Waals surface area contributed by atoms with E-state index in [1.54, 1.807) is 12.1 Å². The molecule has 2 N–H and O–H groups in total. The molecule has 1 atom stereocenters. The van der Waals surface area contributed by atoms with Gasteiger partial charge >= 0.3 is 0 Å². The Balaban J connectivity index is 1.93. The second-order valence-electron chi connectivity index (χ2n) is 5.46. The zero-order valence-corrected chi connectivity index (χ0v) is 13.4. The van der Waals surface area contributed by atoms with Gasteiger partial charge in [0.15, 0.2) is 0 Å². The molecule has 1 heterocycles. The van der Waals surface area contributed by atoms with Crippen molar-refractivity contribution >= 4 is 16.6 Å². The number of hydrogen-bond acceptors (Lipinski definition) is 4. The van der Waals surface area contributed by atoms with Crippen molar-refractivity contribution in [3.8, 4) is 17.0 Å². The number of aliphatic hydroxyl groups is 1. The molecule has 0 aliphatic rings. The molecule has 0 saturated carbocycles. The van der Waals surface area contributed by atoms with Gasteiger partial charge < -0.3 is 15.2 Å². The molecule has 24 heavy (non-hydrogen) atoms. The number of nitrogens with one attached hydrogen (secondary N) is 1. The minimum Gasteiger partial charge on any atom is -0.485 e. The monoisotopic (exact) mass is 326 g/mol. The van der Waals surface area contributed by atoms with Crippen molar-refractivity contribution in [3.63, 3.8) is 0 Å². The van der Waals surface area contributed by atoms with Crippen molar-refractivity contribution in [2.45, 2.75) is 6.10 Å². The van der Waals surface area contributed by atoms with E-state index in [9.17, 15) is 4.39 Å². The third-order valence-corrected chi connectivity index (χ3v) is 3.81. The fourth-order valence-corrected chi connectivity index (χ4v) is 2.45. The quantitative estimate of drug-likeness (QED) is 0.726. The van der Waals surface area contributed by atoms with E-state index in [0.29, 0.717) is 5.75 Å². The first-order chi connectivity index (χ1) is 11.7. The predicted molar refractivity (Wildman–Crippen MR) is 94.2 cm³/mol. The van der Waals surface area contributed by atoms with Crippen molar-refractivity contribution in [1.29, 1.82) is 0 Å². The Morgan fingerprint density at radius 3 is 2.54 bits per heavy atom. The lowest BCUT2D eigenvalue weighted by Crippen LogP contribution is -2.23. The largest absolute Gasteiger partial charge is 0.485 e. The Morgan fingerprint density at radius 2 is 1.88 bits per heavy atom. The van der Waals surface area contributed by atoms with Gasteiger partial charge in [0, 0.05) is 29.8 Å². The molecule has 1 unspecified atom stereocenters. The summed E-state index contributed by atoms with van der Waals surface area (Å²) >= 11 is 0. The van der Waals surface area contributed by atoms with Gasteiger partial charge in [0.2, 0.25) is 0 Å². The summed E-state index contributed by atoms with van der Waals surface area (Å²) in [5, 5.41) is 13.1. The summed E-state index contributed by atoms with van der Waals surface area (Å²) in [6.45, 7) is -1.10. The molecule has 0 spiro atoms. The van der Waals surface area contributed by atoms with Crippen molar-refractivity contribution in [3.05, 3.63) is 54.6 Å². The number of fused-ring (bicyclic) bond motifs is 1. The normalized spacial score (nSPS) is 12.1. The third-order valence-electron chi connectivity index (χ3n) is 3.81. The fourth-order valence-electron chi connectivity index (χ4n) is 2.45. The van der Waals surface area contributed by atoms with Crippen LogP contribution in [0.3, 0.4) is 0 Å². The molecule has 0 saturated heterocycles. The maximum atomic E-state index is 12.7. The van der Waals surface area contributed by atoms with Crippen LogP contribution in [0.4, 0.5) is 10.1 Å². The van der Waals surface area contributed by atoms with Crippen LogP contribution in [-0.4, -0.2) is 36.5 Å². The molecule has 5 heteroatoms. The van der Waals surface area contributed by atoms with E-state index in [1.807, 2.05) is 49.5 Å². The Morgan fingerprint density at radius 1 is 1.12 bits per heavy atom. The Bertz CT molecular complexity index is 817. The zero-order valence-electron chi connectivity index (χ0n) is 13.4. The van der Waals surface area contributed by atoms with E-state index in [1.165, 1.54) is 0 Å². The second kappa shape index (κ2) is 7.27. The topological polar surface area (TPSA) is 54.4 Å². The number of benzene rings is 2. The summed E-state index contributed by atoms with van der Waals surface area (Å²) < 4.78 is 18.1. The minimum atomic E-state index is -0.847. The van der Waals surface area contributed by atoms with E-state index in [2.05, 4.69) is 10.3 Å². The van der Waals surface area contributed by atoms with Crippen LogP contribution in [0.15, 0.2) is 54.6 Å². The average molecular weight is 326 g/mol. The van der Waals surface area contributed by atoms with Crippen LogP contribution in [0, 0.1) is 0 Å². The fraction of sp³-hybridized carbons (Fsp3) is 0.211. The van der Waals surface area contributed by atoms with Crippen LogP contribution in [0.5, 0.6) is 5.75 Å². The number of alkyl halides is 1. The first kappa shape index (κ1) is 16.2. The minimum absolute atomic E-state index is 0.361. The molecule has 0 bridgehead atoms. The number of ether oxygens (including phenoxy) is 1. The SMILES string of the molecule is CNc1ccc(-c2ccc3ccc(OC(CO)CF)cc3n2)cc1. The van der Waals surface area contributed by atoms with E-state index >= 15 is 0 Å². The zero-order chi connectivity index (χ0) is 16.9. The average Bonchev–Trinajstić information content (AvgIpc) is 2.65. The van der Waals surface area contributed by atoms with E-state index in [-0.39, 0.29) is 6.61 Å². The van der Waals surface area contributed by atoms with Crippen LogP contribution in [-0.2, 0) is 0 Å². The van der Waals surface area contributed by atoms with Gasteiger partial charge in [0.1, 0.15) is 18.5 Å². The maximum absolute atomic E-state index is 12.7. The van der Waals surface area contributed by atoms with Crippen molar-refractivity contribution in [2.75, 3.05) is 25.6 Å². The van der Waals surface area contributed by atoms with E-state index in [4.69, 9.17) is 9.84 Å². The molecule has 4 nitrogen and oxygen atoms in total. The molecule has 0 fully saturated rings. The number of anilines is 1. The van der Waals surface area contributed by atoms with Crippen LogP contribution in [0.25, 0.3) is 22.2 Å². The summed E-state index contributed by atoms with van der Waals surface area (Å²) in [5.74, 6) is 0.495. The number of pyridine rings is 1. The highest BCUT2D eigenvalue weighted by Crippen LogP contribution is 2.25. The Hall–Kier alpha value is -2.66. The number of aromatic nitrogens is 1.